The molecule has 1 unspecified atom stereocenters. The van der Waals surface area contributed by atoms with Gasteiger partial charge in [0.2, 0.25) is 0 Å². The Morgan fingerprint density at radius 2 is 1.47 bits per heavy atom. The maximum Gasteiger partial charge on any atom is 0.0544 e. The number of allylic oxidation sites excluding steroid dienone is 8. The van der Waals surface area contributed by atoms with Gasteiger partial charge in [0.05, 0.1) is 11.0 Å². The van der Waals surface area contributed by atoms with E-state index in [4.69, 9.17) is 0 Å². The van der Waals surface area contributed by atoms with E-state index in [1.54, 1.807) is 16.7 Å². The van der Waals surface area contributed by atoms with Gasteiger partial charge in [-0.15, -0.1) is 0 Å². The largest absolute Gasteiger partial charge is 0.309 e. The molecule has 0 bridgehead atoms. The Bertz CT molecular complexity index is 2610. The molecule has 1 heteroatoms. The van der Waals surface area contributed by atoms with E-state index in [0.717, 1.165) is 32.1 Å². The second kappa shape index (κ2) is 9.73. The summed E-state index contributed by atoms with van der Waals surface area (Å²) >= 11 is 0. The number of aromatic nitrogens is 1. The maximum atomic E-state index is 2.53. The van der Waals surface area contributed by atoms with Crippen molar-refractivity contribution in [3.8, 4) is 16.8 Å². The van der Waals surface area contributed by atoms with Crippen molar-refractivity contribution in [2.24, 2.45) is 5.92 Å². The molecule has 49 heavy (non-hydrogen) atoms. The predicted octanol–water partition coefficient (Wildman–Crippen LogP) is 12.2. The summed E-state index contributed by atoms with van der Waals surface area (Å²) in [5.41, 5.74) is 24.4. The van der Waals surface area contributed by atoms with E-state index in [0.29, 0.717) is 5.92 Å². The normalized spacial score (nSPS) is 19.6. The van der Waals surface area contributed by atoms with Crippen molar-refractivity contribution in [3.63, 3.8) is 0 Å². The van der Waals surface area contributed by atoms with E-state index >= 15 is 0 Å². The summed E-state index contributed by atoms with van der Waals surface area (Å²) in [4.78, 5) is 0. The molecule has 5 aromatic carbocycles. The van der Waals surface area contributed by atoms with Gasteiger partial charge in [-0.05, 0) is 146 Å². The van der Waals surface area contributed by atoms with Crippen molar-refractivity contribution >= 4 is 38.5 Å². The third-order valence-corrected chi connectivity index (χ3v) is 12.5. The first kappa shape index (κ1) is 27.8. The van der Waals surface area contributed by atoms with Crippen LogP contribution in [0.15, 0.2) is 126 Å². The second-order valence-electron chi connectivity index (χ2n) is 15.7. The lowest BCUT2D eigenvalue weighted by atomic mass is 9.79. The standard InChI is InChI=1S/C48H39N/c1-28-15-20-44-41(21-28)42-26-43-39-11-6-7-14-46(39)49(47(43)27-45(42)48(44,2)3)33-17-19-37-32(24-33)23-31-22-30(16-18-36(31)37)35-12-8-13-38-34-10-5-4-9-29(34)25-40(35)38/h4-7,9-12,14-20,22,24,26-28H,8,13,21,23,25H2,1-3H3. The first-order valence-corrected chi connectivity index (χ1v) is 18.2. The first-order chi connectivity index (χ1) is 23.9. The Hall–Kier alpha value is -5.14. The molecule has 1 atom stereocenters. The van der Waals surface area contributed by atoms with Crippen molar-refractivity contribution in [2.45, 2.75) is 58.3 Å². The molecule has 0 saturated carbocycles. The zero-order valence-corrected chi connectivity index (χ0v) is 28.5. The van der Waals surface area contributed by atoms with Crippen molar-refractivity contribution in [3.05, 3.63) is 165 Å². The Morgan fingerprint density at radius 1 is 0.653 bits per heavy atom. The summed E-state index contributed by atoms with van der Waals surface area (Å²) in [6.45, 7) is 7.18. The van der Waals surface area contributed by atoms with Crippen LogP contribution in [0.25, 0.3) is 55.3 Å². The molecule has 1 nitrogen and oxygen atoms in total. The first-order valence-electron chi connectivity index (χ1n) is 18.2. The van der Waals surface area contributed by atoms with Crippen LogP contribution in [-0.4, -0.2) is 4.57 Å². The second-order valence-corrected chi connectivity index (χ2v) is 15.7. The highest BCUT2D eigenvalue weighted by Gasteiger charge is 2.39. The molecular weight excluding hydrogens is 591 g/mol. The van der Waals surface area contributed by atoms with Gasteiger partial charge in [-0.1, -0.05) is 106 Å². The van der Waals surface area contributed by atoms with Crippen LogP contribution >= 0.6 is 0 Å². The highest BCUT2D eigenvalue weighted by atomic mass is 15.0. The smallest absolute Gasteiger partial charge is 0.0544 e. The van der Waals surface area contributed by atoms with E-state index in [9.17, 15) is 0 Å². The molecule has 0 aliphatic heterocycles. The van der Waals surface area contributed by atoms with Gasteiger partial charge < -0.3 is 4.57 Å². The molecule has 0 radical (unpaired) electrons. The van der Waals surface area contributed by atoms with Crippen LogP contribution in [0.2, 0.25) is 0 Å². The minimum absolute atomic E-state index is 0.0000620. The van der Waals surface area contributed by atoms with Gasteiger partial charge >= 0.3 is 0 Å². The molecular formula is C48H39N. The van der Waals surface area contributed by atoms with E-state index < -0.39 is 0 Å². The molecule has 5 aliphatic rings. The molecule has 1 heterocycles. The van der Waals surface area contributed by atoms with E-state index in [-0.39, 0.29) is 5.41 Å². The average molecular weight is 630 g/mol. The van der Waals surface area contributed by atoms with Crippen molar-refractivity contribution in [2.75, 3.05) is 0 Å². The molecule has 11 rings (SSSR count). The number of para-hydroxylation sites is 1. The van der Waals surface area contributed by atoms with Crippen LogP contribution in [-0.2, 0) is 18.3 Å². The molecule has 5 aliphatic carbocycles. The van der Waals surface area contributed by atoms with Gasteiger partial charge in [-0.3, -0.25) is 0 Å². The summed E-state index contributed by atoms with van der Waals surface area (Å²) in [5, 5.41) is 2.70. The van der Waals surface area contributed by atoms with Gasteiger partial charge in [0.15, 0.2) is 0 Å². The van der Waals surface area contributed by atoms with Crippen LogP contribution in [0.4, 0.5) is 0 Å². The molecule has 0 N–H and O–H groups in total. The summed E-state index contributed by atoms with van der Waals surface area (Å²) < 4.78 is 2.53. The van der Waals surface area contributed by atoms with E-state index in [1.807, 2.05) is 0 Å². The highest BCUT2D eigenvalue weighted by Crippen LogP contribution is 2.53. The Balaban J connectivity index is 1.00. The molecule has 0 amide bonds. The highest BCUT2D eigenvalue weighted by molar-refractivity contribution is 6.11. The zero-order chi connectivity index (χ0) is 32.6. The van der Waals surface area contributed by atoms with Gasteiger partial charge in [-0.25, -0.2) is 0 Å². The fourth-order valence-electron chi connectivity index (χ4n) is 10.2. The SMILES string of the molecule is CC1C=CC2=C(C1)c1cc3c4ccccc4n(-c4ccc5c(c4)Cc4cc(C6=CCCC7=C6Cc6ccccc67)ccc4-5)c3cc1C2(C)C. The lowest BCUT2D eigenvalue weighted by Crippen LogP contribution is -2.17. The number of hydrogen-bond acceptors (Lipinski definition) is 0. The van der Waals surface area contributed by atoms with Crippen LogP contribution in [0.1, 0.15) is 79.0 Å². The lowest BCUT2D eigenvalue weighted by molar-refractivity contribution is 0.643. The molecule has 0 spiro atoms. The summed E-state index contributed by atoms with van der Waals surface area (Å²) in [5.74, 6) is 0.581. The lowest BCUT2D eigenvalue weighted by Gasteiger charge is -2.25. The quantitative estimate of drug-likeness (QED) is 0.179. The predicted molar refractivity (Wildman–Crippen MR) is 206 cm³/mol. The molecule has 0 saturated heterocycles. The van der Waals surface area contributed by atoms with Crippen LogP contribution in [0.5, 0.6) is 0 Å². The zero-order valence-electron chi connectivity index (χ0n) is 28.5. The monoisotopic (exact) mass is 629 g/mol. The van der Waals surface area contributed by atoms with E-state index in [2.05, 4.69) is 141 Å². The number of benzene rings is 5. The number of nitrogens with zero attached hydrogens (tertiary/aromatic N) is 1. The molecule has 236 valence electrons. The van der Waals surface area contributed by atoms with Gasteiger partial charge in [0.25, 0.3) is 0 Å². The summed E-state index contributed by atoms with van der Waals surface area (Å²) in [6, 6.07) is 37.6. The number of fused-ring (bicyclic) bond motifs is 10. The van der Waals surface area contributed by atoms with Crippen LogP contribution < -0.4 is 0 Å². The fraction of sp³-hybridized carbons (Fsp3) is 0.208. The minimum Gasteiger partial charge on any atom is -0.309 e. The van der Waals surface area contributed by atoms with Crippen LogP contribution in [0.3, 0.4) is 0 Å². The summed E-state index contributed by atoms with van der Waals surface area (Å²) in [7, 11) is 0. The van der Waals surface area contributed by atoms with Gasteiger partial charge in [0.1, 0.15) is 0 Å². The van der Waals surface area contributed by atoms with Crippen molar-refractivity contribution < 1.29 is 0 Å². The topological polar surface area (TPSA) is 4.93 Å². The third-order valence-electron chi connectivity index (χ3n) is 12.5. The maximum absolute atomic E-state index is 2.53. The van der Waals surface area contributed by atoms with Gasteiger partial charge in [-0.2, -0.15) is 0 Å². The third kappa shape index (κ3) is 3.77. The number of rotatable bonds is 2. The molecule has 0 fully saturated rings. The fourth-order valence-corrected chi connectivity index (χ4v) is 10.2. The minimum atomic E-state index is -0.0000620. The Labute approximate surface area is 288 Å². The van der Waals surface area contributed by atoms with Crippen molar-refractivity contribution in [1.82, 2.24) is 4.57 Å². The van der Waals surface area contributed by atoms with Crippen LogP contribution in [0, 0.1) is 5.92 Å². The number of hydrogen-bond donors (Lipinski definition) is 0. The Kier molecular flexibility index (Phi) is 5.51. The van der Waals surface area contributed by atoms with Crippen molar-refractivity contribution in [1.29, 1.82) is 0 Å². The average Bonchev–Trinajstić information content (AvgIpc) is 3.83. The summed E-state index contributed by atoms with van der Waals surface area (Å²) in [6.07, 6.45) is 12.8. The molecule has 6 aromatic rings. The Morgan fingerprint density at radius 3 is 2.39 bits per heavy atom. The molecule has 1 aromatic heterocycles. The van der Waals surface area contributed by atoms with Gasteiger partial charge in [0, 0.05) is 21.9 Å². The van der Waals surface area contributed by atoms with E-state index in [1.165, 1.54) is 88.7 Å².